The van der Waals surface area contributed by atoms with Crippen LogP contribution in [0.2, 0.25) is 0 Å². The van der Waals surface area contributed by atoms with Crippen LogP contribution in [0.15, 0.2) is 18.2 Å². The normalized spacial score (nSPS) is 24.4. The molecule has 2 unspecified atom stereocenters. The van der Waals surface area contributed by atoms with Gasteiger partial charge in [0.1, 0.15) is 5.82 Å². The van der Waals surface area contributed by atoms with E-state index in [-0.39, 0.29) is 17.7 Å². The molecule has 19 heavy (non-hydrogen) atoms. The molecule has 0 saturated carbocycles. The van der Waals surface area contributed by atoms with Crippen molar-refractivity contribution in [2.75, 3.05) is 13.1 Å². The Balaban J connectivity index is 2.09. The van der Waals surface area contributed by atoms with Crippen LogP contribution in [0.3, 0.4) is 0 Å². The molecule has 6 heteroatoms. The molecule has 0 amide bonds. The Morgan fingerprint density at radius 1 is 1.53 bits per heavy atom. The lowest BCUT2D eigenvalue weighted by molar-refractivity contribution is -0.385. The highest BCUT2D eigenvalue weighted by Gasteiger charge is 2.24. The summed E-state index contributed by atoms with van der Waals surface area (Å²) in [4.78, 5) is 12.2. The average Bonchev–Trinajstić information content (AvgIpc) is 2.33. The summed E-state index contributed by atoms with van der Waals surface area (Å²) < 4.78 is 13.3. The summed E-state index contributed by atoms with van der Waals surface area (Å²) >= 11 is 0. The number of hydrogen-bond donors (Lipinski definition) is 1. The van der Waals surface area contributed by atoms with Crippen LogP contribution in [0.5, 0.6) is 0 Å². The van der Waals surface area contributed by atoms with E-state index in [0.29, 0.717) is 25.1 Å². The lowest BCUT2D eigenvalue weighted by Gasteiger charge is -2.34. The van der Waals surface area contributed by atoms with E-state index < -0.39 is 10.7 Å². The SMILES string of the molecule is CC1CN(Cc2cc(F)cc([N+](=O)[O-])c2)CCC1O. The molecule has 0 aliphatic carbocycles. The highest BCUT2D eigenvalue weighted by Crippen LogP contribution is 2.21. The minimum Gasteiger partial charge on any atom is -0.393 e. The Morgan fingerprint density at radius 3 is 2.89 bits per heavy atom. The molecule has 0 bridgehead atoms. The topological polar surface area (TPSA) is 66.6 Å². The first kappa shape index (κ1) is 13.9. The predicted octanol–water partition coefficient (Wildman–Crippen LogP) is 1.94. The number of nitro groups is 1. The van der Waals surface area contributed by atoms with Crippen molar-refractivity contribution in [3.63, 3.8) is 0 Å². The monoisotopic (exact) mass is 268 g/mol. The van der Waals surface area contributed by atoms with Crippen LogP contribution in [0.4, 0.5) is 10.1 Å². The second-order valence-corrected chi connectivity index (χ2v) is 5.14. The summed E-state index contributed by atoms with van der Waals surface area (Å²) in [6, 6.07) is 3.65. The van der Waals surface area contributed by atoms with Crippen LogP contribution >= 0.6 is 0 Å². The third-order valence-electron chi connectivity index (χ3n) is 3.50. The molecule has 1 aromatic rings. The third kappa shape index (κ3) is 3.48. The number of hydrogen-bond acceptors (Lipinski definition) is 4. The summed E-state index contributed by atoms with van der Waals surface area (Å²) in [5, 5.41) is 20.3. The number of aliphatic hydroxyl groups is 1. The quantitative estimate of drug-likeness (QED) is 0.672. The van der Waals surface area contributed by atoms with Gasteiger partial charge < -0.3 is 5.11 Å². The zero-order valence-electron chi connectivity index (χ0n) is 10.8. The second kappa shape index (κ2) is 5.63. The standard InChI is InChI=1S/C13H17FN2O3/c1-9-7-15(3-2-13(9)17)8-10-4-11(14)6-12(5-10)16(18)19/h4-6,9,13,17H,2-3,7-8H2,1H3. The smallest absolute Gasteiger partial charge is 0.272 e. The molecular weight excluding hydrogens is 251 g/mol. The van der Waals surface area contributed by atoms with E-state index in [1.807, 2.05) is 6.92 Å². The van der Waals surface area contributed by atoms with Crippen LogP contribution in [0.25, 0.3) is 0 Å². The Hall–Kier alpha value is -1.53. The predicted molar refractivity (Wildman–Crippen MR) is 68.1 cm³/mol. The molecule has 104 valence electrons. The Labute approximate surface area is 110 Å². The Morgan fingerprint density at radius 2 is 2.26 bits per heavy atom. The van der Waals surface area contributed by atoms with Crippen LogP contribution in [0.1, 0.15) is 18.9 Å². The maximum absolute atomic E-state index is 13.3. The zero-order valence-corrected chi connectivity index (χ0v) is 10.8. The molecule has 1 heterocycles. The van der Waals surface area contributed by atoms with E-state index in [4.69, 9.17) is 0 Å². The first-order valence-corrected chi connectivity index (χ1v) is 6.30. The number of rotatable bonds is 3. The average molecular weight is 268 g/mol. The summed E-state index contributed by atoms with van der Waals surface area (Å²) in [6.45, 7) is 3.86. The summed E-state index contributed by atoms with van der Waals surface area (Å²) in [6.07, 6.45) is 0.386. The first-order valence-electron chi connectivity index (χ1n) is 6.30. The number of non-ortho nitro benzene ring substituents is 1. The van der Waals surface area contributed by atoms with Crippen LogP contribution in [-0.4, -0.2) is 34.1 Å². The van der Waals surface area contributed by atoms with Crippen molar-refractivity contribution in [2.45, 2.75) is 26.0 Å². The fraction of sp³-hybridized carbons (Fsp3) is 0.538. The van der Waals surface area contributed by atoms with Gasteiger partial charge in [0.25, 0.3) is 5.69 Å². The number of likely N-dealkylation sites (tertiary alicyclic amines) is 1. The molecule has 1 aliphatic heterocycles. The van der Waals surface area contributed by atoms with Crippen molar-refractivity contribution < 1.29 is 14.4 Å². The zero-order chi connectivity index (χ0) is 14.0. The molecule has 1 saturated heterocycles. The minimum atomic E-state index is -0.589. The van der Waals surface area contributed by atoms with E-state index in [1.165, 1.54) is 12.1 Å². The van der Waals surface area contributed by atoms with E-state index in [0.717, 1.165) is 12.6 Å². The molecule has 1 aliphatic rings. The van der Waals surface area contributed by atoms with Gasteiger partial charge in [-0.2, -0.15) is 0 Å². The second-order valence-electron chi connectivity index (χ2n) is 5.14. The largest absolute Gasteiger partial charge is 0.393 e. The van der Waals surface area contributed by atoms with E-state index >= 15 is 0 Å². The van der Waals surface area contributed by atoms with Gasteiger partial charge in [-0.25, -0.2) is 4.39 Å². The molecule has 0 spiro atoms. The Kier molecular flexibility index (Phi) is 4.11. The highest BCUT2D eigenvalue weighted by molar-refractivity contribution is 5.35. The van der Waals surface area contributed by atoms with Crippen molar-refractivity contribution in [2.24, 2.45) is 5.92 Å². The van der Waals surface area contributed by atoms with Gasteiger partial charge in [0.05, 0.1) is 17.1 Å². The summed E-state index contributed by atoms with van der Waals surface area (Å²) in [5.41, 5.74) is 0.371. The molecule has 1 fully saturated rings. The molecular formula is C13H17FN2O3. The van der Waals surface area contributed by atoms with Crippen LogP contribution in [0, 0.1) is 21.8 Å². The van der Waals surface area contributed by atoms with Gasteiger partial charge in [-0.15, -0.1) is 0 Å². The molecule has 5 nitrogen and oxygen atoms in total. The van der Waals surface area contributed by atoms with Crippen molar-refractivity contribution in [3.8, 4) is 0 Å². The molecule has 1 aromatic carbocycles. The van der Waals surface area contributed by atoms with E-state index in [9.17, 15) is 19.6 Å². The fourth-order valence-electron chi connectivity index (χ4n) is 2.45. The maximum Gasteiger partial charge on any atom is 0.272 e. The van der Waals surface area contributed by atoms with E-state index in [1.54, 1.807) is 0 Å². The molecule has 2 rings (SSSR count). The Bertz CT molecular complexity index is 481. The number of nitro benzene ring substituents is 1. The van der Waals surface area contributed by atoms with Crippen molar-refractivity contribution in [1.82, 2.24) is 4.90 Å². The number of piperidine rings is 1. The van der Waals surface area contributed by atoms with Crippen LogP contribution in [-0.2, 0) is 6.54 Å². The molecule has 0 aromatic heterocycles. The lowest BCUT2D eigenvalue weighted by Crippen LogP contribution is -2.41. The van der Waals surface area contributed by atoms with Gasteiger partial charge in [-0.1, -0.05) is 6.92 Å². The van der Waals surface area contributed by atoms with Gasteiger partial charge >= 0.3 is 0 Å². The first-order chi connectivity index (χ1) is 8.95. The van der Waals surface area contributed by atoms with Gasteiger partial charge in [-0.3, -0.25) is 15.0 Å². The van der Waals surface area contributed by atoms with Gasteiger partial charge in [-0.05, 0) is 24.0 Å². The highest BCUT2D eigenvalue weighted by atomic mass is 19.1. The van der Waals surface area contributed by atoms with Crippen molar-refractivity contribution >= 4 is 5.69 Å². The summed E-state index contributed by atoms with van der Waals surface area (Å²) in [5.74, 6) is -0.424. The van der Waals surface area contributed by atoms with Gasteiger partial charge in [0, 0.05) is 25.7 Å². The van der Waals surface area contributed by atoms with Gasteiger partial charge in [0.2, 0.25) is 0 Å². The molecule has 0 radical (unpaired) electrons. The molecule has 2 atom stereocenters. The van der Waals surface area contributed by atoms with E-state index in [2.05, 4.69) is 4.90 Å². The number of aliphatic hydroxyl groups excluding tert-OH is 1. The van der Waals surface area contributed by atoms with Crippen molar-refractivity contribution in [1.29, 1.82) is 0 Å². The minimum absolute atomic E-state index is 0.164. The van der Waals surface area contributed by atoms with Crippen LogP contribution < -0.4 is 0 Å². The third-order valence-corrected chi connectivity index (χ3v) is 3.50. The number of nitrogens with zero attached hydrogens (tertiary/aromatic N) is 2. The maximum atomic E-state index is 13.3. The molecule has 1 N–H and O–H groups in total. The fourth-order valence-corrected chi connectivity index (χ4v) is 2.45. The van der Waals surface area contributed by atoms with Crippen molar-refractivity contribution in [3.05, 3.63) is 39.7 Å². The van der Waals surface area contributed by atoms with Gasteiger partial charge in [0.15, 0.2) is 0 Å². The summed E-state index contributed by atoms with van der Waals surface area (Å²) in [7, 11) is 0. The number of halogens is 1. The number of benzene rings is 1. The lowest BCUT2D eigenvalue weighted by atomic mass is 9.96.